The van der Waals surface area contributed by atoms with Crippen LogP contribution in [0.3, 0.4) is 0 Å². The van der Waals surface area contributed by atoms with E-state index in [9.17, 15) is 0 Å². The van der Waals surface area contributed by atoms with Crippen LogP contribution in [0.5, 0.6) is 0 Å². The molecule has 0 unspecified atom stereocenters. The number of hydrogen-bond donors (Lipinski definition) is 0. The van der Waals surface area contributed by atoms with Crippen LogP contribution in [-0.4, -0.2) is 0 Å². The van der Waals surface area contributed by atoms with Gasteiger partial charge in [-0.15, -0.1) is 11.3 Å². The second kappa shape index (κ2) is 8.76. The van der Waals surface area contributed by atoms with Crippen molar-refractivity contribution < 1.29 is 0 Å². The monoisotopic (exact) mass is 536 g/mol. The van der Waals surface area contributed by atoms with E-state index in [1.54, 1.807) is 0 Å². The van der Waals surface area contributed by atoms with Crippen LogP contribution in [0, 0.1) is 0 Å². The lowest BCUT2D eigenvalue weighted by molar-refractivity contribution is 1.69. The average molecular weight is 537 g/mol. The van der Waals surface area contributed by atoms with E-state index < -0.39 is 0 Å². The minimum atomic E-state index is 1.27. The molecule has 1 heterocycles. The van der Waals surface area contributed by atoms with Gasteiger partial charge in [-0.2, -0.15) is 0 Å². The third kappa shape index (κ3) is 3.33. The van der Waals surface area contributed by atoms with Gasteiger partial charge in [-0.1, -0.05) is 133 Å². The number of benzene rings is 8. The summed E-state index contributed by atoms with van der Waals surface area (Å²) in [6.07, 6.45) is 0. The Balaban J connectivity index is 1.39. The highest BCUT2D eigenvalue weighted by Gasteiger charge is 2.18. The molecule has 0 bridgehead atoms. The second-order valence-electron chi connectivity index (χ2n) is 10.8. The zero-order valence-corrected chi connectivity index (χ0v) is 23.1. The zero-order valence-electron chi connectivity index (χ0n) is 22.3. The molecule has 0 saturated carbocycles. The van der Waals surface area contributed by atoms with Gasteiger partial charge in [0.15, 0.2) is 0 Å². The molecule has 0 aliphatic rings. The molecule has 41 heavy (non-hydrogen) atoms. The van der Waals surface area contributed by atoms with E-state index in [1.165, 1.54) is 85.5 Å². The Morgan fingerprint density at radius 3 is 1.61 bits per heavy atom. The third-order valence-corrected chi connectivity index (χ3v) is 9.86. The molecule has 0 saturated heterocycles. The minimum absolute atomic E-state index is 1.27. The maximum absolute atomic E-state index is 2.43. The lowest BCUT2D eigenvalue weighted by atomic mass is 9.84. The maximum atomic E-state index is 2.43. The van der Waals surface area contributed by atoms with Gasteiger partial charge in [-0.25, -0.2) is 0 Å². The molecule has 0 amide bonds. The van der Waals surface area contributed by atoms with Crippen LogP contribution in [0.1, 0.15) is 0 Å². The Morgan fingerprint density at radius 2 is 0.902 bits per heavy atom. The van der Waals surface area contributed by atoms with Crippen molar-refractivity contribution in [2.24, 2.45) is 0 Å². The Morgan fingerprint density at radius 1 is 0.341 bits per heavy atom. The standard InChI is InChI=1S/C40H24S/c1-3-13-28-25(10-1)12-9-19-30(28)39-33-17-7-5-15-31(33)38(32-16-6-8-18-34(32)39)27-21-23-37-36(24-27)35-22-20-26-11-2-4-14-29(26)40(35)41-37/h1-24H. The lowest BCUT2D eigenvalue weighted by Crippen LogP contribution is -1.91. The van der Waals surface area contributed by atoms with Crippen molar-refractivity contribution in [2.45, 2.75) is 0 Å². The van der Waals surface area contributed by atoms with Crippen LogP contribution in [0.2, 0.25) is 0 Å². The summed E-state index contributed by atoms with van der Waals surface area (Å²) in [5.74, 6) is 0. The fourth-order valence-corrected chi connectivity index (χ4v) is 8.05. The molecule has 0 N–H and O–H groups in total. The van der Waals surface area contributed by atoms with Crippen molar-refractivity contribution in [2.75, 3.05) is 0 Å². The van der Waals surface area contributed by atoms with Crippen molar-refractivity contribution in [3.63, 3.8) is 0 Å². The summed E-state index contributed by atoms with van der Waals surface area (Å²) < 4.78 is 2.71. The average Bonchev–Trinajstić information content (AvgIpc) is 3.42. The predicted octanol–water partition coefficient (Wildman–Crippen LogP) is 12.0. The molecular weight excluding hydrogens is 513 g/mol. The van der Waals surface area contributed by atoms with Gasteiger partial charge in [0, 0.05) is 20.2 Å². The molecule has 9 aromatic rings. The molecule has 0 radical (unpaired) electrons. The summed E-state index contributed by atoms with van der Waals surface area (Å²) in [5.41, 5.74) is 5.17. The van der Waals surface area contributed by atoms with E-state index in [2.05, 4.69) is 146 Å². The van der Waals surface area contributed by atoms with Crippen LogP contribution in [0.15, 0.2) is 146 Å². The lowest BCUT2D eigenvalue weighted by Gasteiger charge is -2.19. The molecular formula is C40H24S. The third-order valence-electron chi connectivity index (χ3n) is 8.64. The smallest absolute Gasteiger partial charge is 0.0433 e. The SMILES string of the molecule is c1ccc2c(-c3c4ccccc4c(-c4ccc5sc6c7ccccc7ccc6c5c4)c4ccccc34)cccc2c1. The largest absolute Gasteiger partial charge is 0.135 e. The minimum Gasteiger partial charge on any atom is -0.135 e. The van der Waals surface area contributed by atoms with E-state index in [4.69, 9.17) is 0 Å². The Kier molecular flexibility index (Phi) is 4.87. The van der Waals surface area contributed by atoms with Crippen molar-refractivity contribution in [1.82, 2.24) is 0 Å². The zero-order chi connectivity index (χ0) is 26.9. The predicted molar refractivity (Wildman–Crippen MR) is 180 cm³/mol. The van der Waals surface area contributed by atoms with Gasteiger partial charge in [0.2, 0.25) is 0 Å². The molecule has 0 fully saturated rings. The fraction of sp³-hybridized carbons (Fsp3) is 0. The van der Waals surface area contributed by atoms with E-state index in [0.29, 0.717) is 0 Å². The summed E-state index contributed by atoms with van der Waals surface area (Å²) in [6.45, 7) is 0. The van der Waals surface area contributed by atoms with Crippen LogP contribution in [0.4, 0.5) is 0 Å². The summed E-state index contributed by atoms with van der Waals surface area (Å²) in [5, 5.41) is 13.0. The Hall–Kier alpha value is -4.98. The summed E-state index contributed by atoms with van der Waals surface area (Å²) in [6, 6.07) is 53.7. The quantitative estimate of drug-likeness (QED) is 0.193. The van der Waals surface area contributed by atoms with Gasteiger partial charge in [-0.3, -0.25) is 0 Å². The first-order chi connectivity index (χ1) is 20.3. The Labute approximate surface area is 241 Å². The van der Waals surface area contributed by atoms with E-state index in [0.717, 1.165) is 0 Å². The summed E-state index contributed by atoms with van der Waals surface area (Å²) in [7, 11) is 0. The molecule has 190 valence electrons. The normalized spacial score (nSPS) is 11.9. The first-order valence-electron chi connectivity index (χ1n) is 14.1. The molecule has 0 spiro atoms. The van der Waals surface area contributed by atoms with Gasteiger partial charge in [0.25, 0.3) is 0 Å². The van der Waals surface area contributed by atoms with Crippen LogP contribution < -0.4 is 0 Å². The van der Waals surface area contributed by atoms with Crippen molar-refractivity contribution >= 4 is 74.6 Å². The molecule has 0 aliphatic heterocycles. The molecule has 1 heteroatoms. The number of fused-ring (bicyclic) bond motifs is 8. The van der Waals surface area contributed by atoms with Gasteiger partial charge in [0.1, 0.15) is 0 Å². The molecule has 8 aromatic carbocycles. The number of hydrogen-bond acceptors (Lipinski definition) is 1. The van der Waals surface area contributed by atoms with E-state index in [1.807, 2.05) is 11.3 Å². The second-order valence-corrected chi connectivity index (χ2v) is 11.9. The topological polar surface area (TPSA) is 0 Å². The van der Waals surface area contributed by atoms with Crippen LogP contribution >= 0.6 is 11.3 Å². The molecule has 0 aliphatic carbocycles. The van der Waals surface area contributed by atoms with Crippen molar-refractivity contribution in [1.29, 1.82) is 0 Å². The first kappa shape index (κ1) is 22.8. The molecule has 0 nitrogen and oxygen atoms in total. The van der Waals surface area contributed by atoms with Crippen molar-refractivity contribution in [3.05, 3.63) is 146 Å². The number of rotatable bonds is 2. The molecule has 1 aromatic heterocycles. The highest BCUT2D eigenvalue weighted by molar-refractivity contribution is 7.26. The fourth-order valence-electron chi connectivity index (χ4n) is 6.83. The van der Waals surface area contributed by atoms with Crippen molar-refractivity contribution in [3.8, 4) is 22.3 Å². The number of thiophene rings is 1. The highest BCUT2D eigenvalue weighted by Crippen LogP contribution is 2.47. The maximum Gasteiger partial charge on any atom is 0.0433 e. The molecule has 0 atom stereocenters. The van der Waals surface area contributed by atoms with Gasteiger partial charge < -0.3 is 0 Å². The Bertz CT molecular complexity index is 2410. The van der Waals surface area contributed by atoms with Crippen LogP contribution in [0.25, 0.3) is 85.5 Å². The summed E-state index contributed by atoms with van der Waals surface area (Å²) in [4.78, 5) is 0. The van der Waals surface area contributed by atoms with Gasteiger partial charge in [-0.05, 0) is 77.5 Å². The van der Waals surface area contributed by atoms with Gasteiger partial charge >= 0.3 is 0 Å². The van der Waals surface area contributed by atoms with Crippen LogP contribution in [-0.2, 0) is 0 Å². The molecule has 9 rings (SSSR count). The van der Waals surface area contributed by atoms with Gasteiger partial charge in [0.05, 0.1) is 0 Å². The highest BCUT2D eigenvalue weighted by atomic mass is 32.1. The van der Waals surface area contributed by atoms with E-state index >= 15 is 0 Å². The summed E-state index contributed by atoms with van der Waals surface area (Å²) >= 11 is 1.90. The van der Waals surface area contributed by atoms with E-state index in [-0.39, 0.29) is 0 Å². The first-order valence-corrected chi connectivity index (χ1v) is 14.9.